The van der Waals surface area contributed by atoms with E-state index in [2.05, 4.69) is 17.1 Å². The first-order valence-corrected chi connectivity index (χ1v) is 9.96. The molecule has 1 amide bonds. The average molecular weight is 432 g/mol. The maximum Gasteiger partial charge on any atom is 0.341 e. The number of carboxylic acid groups (broad SMARTS) is 1. The predicted octanol–water partition coefficient (Wildman–Crippen LogP) is 3.73. The average Bonchev–Trinajstić information content (AvgIpc) is 2.78. The third kappa shape index (κ3) is 5.72. The Hall–Kier alpha value is -4.13. The molecular formula is C25H24N2O5. The molecule has 0 unspecified atom stereocenters. The molecule has 3 rings (SSSR count). The quantitative estimate of drug-likeness (QED) is 0.289. The zero-order valence-electron chi connectivity index (χ0n) is 17.7. The van der Waals surface area contributed by atoms with E-state index in [9.17, 15) is 9.59 Å². The van der Waals surface area contributed by atoms with Gasteiger partial charge in [-0.1, -0.05) is 48.5 Å². The number of nitrogens with one attached hydrogen (secondary N) is 1. The number of benzene rings is 3. The minimum Gasteiger partial charge on any atom is -0.493 e. The molecule has 0 fully saturated rings. The smallest absolute Gasteiger partial charge is 0.341 e. The van der Waals surface area contributed by atoms with Crippen LogP contribution in [-0.4, -0.2) is 36.9 Å². The van der Waals surface area contributed by atoms with Crippen LogP contribution >= 0.6 is 0 Å². The highest BCUT2D eigenvalue weighted by Gasteiger charge is 2.14. The zero-order valence-corrected chi connectivity index (χ0v) is 17.7. The molecule has 0 aliphatic rings. The maximum absolute atomic E-state index is 12.4. The van der Waals surface area contributed by atoms with Crippen LogP contribution in [0.1, 0.15) is 16.7 Å². The first kappa shape index (κ1) is 22.6. The van der Waals surface area contributed by atoms with Gasteiger partial charge in [0, 0.05) is 5.56 Å². The van der Waals surface area contributed by atoms with Crippen LogP contribution in [0.4, 0.5) is 0 Å². The van der Waals surface area contributed by atoms with Gasteiger partial charge in [-0.3, -0.25) is 4.79 Å². The summed E-state index contributed by atoms with van der Waals surface area (Å²) in [5, 5.41) is 15.1. The topological polar surface area (TPSA) is 97.2 Å². The van der Waals surface area contributed by atoms with Crippen molar-refractivity contribution >= 4 is 28.9 Å². The second kappa shape index (κ2) is 10.8. The molecule has 2 N–H and O–H groups in total. The molecule has 0 aliphatic heterocycles. The second-order valence-electron chi connectivity index (χ2n) is 6.99. The van der Waals surface area contributed by atoms with Gasteiger partial charge in [-0.2, -0.15) is 5.10 Å². The number of ether oxygens (including phenoxy) is 2. The number of hydrogen-bond acceptors (Lipinski definition) is 5. The first-order chi connectivity index (χ1) is 15.5. The molecule has 0 radical (unpaired) electrons. The molecule has 0 bridgehead atoms. The van der Waals surface area contributed by atoms with E-state index >= 15 is 0 Å². The van der Waals surface area contributed by atoms with Crippen molar-refractivity contribution in [3.63, 3.8) is 0 Å². The Bertz CT molecular complexity index is 1160. The van der Waals surface area contributed by atoms with Crippen LogP contribution in [0.15, 0.2) is 72.4 Å². The van der Waals surface area contributed by atoms with E-state index in [1.165, 1.54) is 13.3 Å². The lowest BCUT2D eigenvalue weighted by molar-refractivity contribution is -0.139. The van der Waals surface area contributed by atoms with Crippen LogP contribution in [0.3, 0.4) is 0 Å². The molecule has 0 aliphatic carbocycles. The fourth-order valence-corrected chi connectivity index (χ4v) is 3.35. The molecule has 0 saturated heterocycles. The fourth-order valence-electron chi connectivity index (χ4n) is 3.35. The number of amides is 1. The maximum atomic E-state index is 12.4. The number of hydrogen-bond donors (Lipinski definition) is 2. The molecule has 32 heavy (non-hydrogen) atoms. The number of allylic oxidation sites excluding steroid dienone is 1. The molecular weight excluding hydrogens is 408 g/mol. The van der Waals surface area contributed by atoms with Crippen LogP contribution in [-0.2, 0) is 22.4 Å². The highest BCUT2D eigenvalue weighted by molar-refractivity contribution is 5.90. The zero-order chi connectivity index (χ0) is 22.9. The Labute approximate surface area is 186 Å². The third-order valence-electron chi connectivity index (χ3n) is 4.71. The van der Waals surface area contributed by atoms with Gasteiger partial charge in [0.05, 0.1) is 19.7 Å². The third-order valence-corrected chi connectivity index (χ3v) is 4.71. The van der Waals surface area contributed by atoms with Crippen molar-refractivity contribution in [3.05, 3.63) is 83.9 Å². The summed E-state index contributed by atoms with van der Waals surface area (Å²) < 4.78 is 10.7. The molecule has 7 nitrogen and oxygen atoms in total. The minimum absolute atomic E-state index is 0.200. The number of nitrogens with zero attached hydrogens (tertiary/aromatic N) is 1. The Morgan fingerprint density at radius 3 is 2.66 bits per heavy atom. The summed E-state index contributed by atoms with van der Waals surface area (Å²) in [6.45, 7) is 3.23. The van der Waals surface area contributed by atoms with Gasteiger partial charge in [-0.05, 0) is 40.5 Å². The van der Waals surface area contributed by atoms with Gasteiger partial charge in [0.15, 0.2) is 18.1 Å². The molecule has 0 heterocycles. The number of carbonyl (C=O) groups excluding carboxylic acids is 1. The second-order valence-corrected chi connectivity index (χ2v) is 6.99. The summed E-state index contributed by atoms with van der Waals surface area (Å²) in [6, 6.07) is 17.2. The number of carbonyl (C=O) groups is 2. The summed E-state index contributed by atoms with van der Waals surface area (Å²) in [4.78, 5) is 23.3. The van der Waals surface area contributed by atoms with Crippen LogP contribution < -0.4 is 14.9 Å². The van der Waals surface area contributed by atoms with Gasteiger partial charge in [-0.15, -0.1) is 6.58 Å². The summed E-state index contributed by atoms with van der Waals surface area (Å²) in [5.41, 5.74) is 4.83. The van der Waals surface area contributed by atoms with Crippen molar-refractivity contribution in [2.75, 3.05) is 13.7 Å². The molecule has 164 valence electrons. The van der Waals surface area contributed by atoms with Crippen molar-refractivity contribution in [2.45, 2.75) is 12.8 Å². The number of rotatable bonds is 10. The summed E-state index contributed by atoms with van der Waals surface area (Å²) in [5.74, 6) is -0.616. The summed E-state index contributed by atoms with van der Waals surface area (Å²) >= 11 is 0. The summed E-state index contributed by atoms with van der Waals surface area (Å²) in [6.07, 6.45) is 3.82. The van der Waals surface area contributed by atoms with Crippen molar-refractivity contribution in [1.29, 1.82) is 0 Å². The Balaban J connectivity index is 1.73. The Morgan fingerprint density at radius 1 is 1.12 bits per heavy atom. The number of hydrazone groups is 1. The molecule has 0 atom stereocenters. The van der Waals surface area contributed by atoms with Crippen molar-refractivity contribution < 1.29 is 24.2 Å². The standard InChI is InChI=1S/C25H24N2O5/c1-3-7-20-12-17(13-22(31-2)25(20)32-16-24(29)30)15-26-27-23(28)14-19-10-6-9-18-8-4-5-11-21(18)19/h3-6,8-13,15H,1,7,14,16H2,2H3,(H,27,28)(H,29,30)/b26-15-. The van der Waals surface area contributed by atoms with E-state index in [0.29, 0.717) is 29.0 Å². The largest absolute Gasteiger partial charge is 0.493 e. The van der Waals surface area contributed by atoms with E-state index in [0.717, 1.165) is 16.3 Å². The van der Waals surface area contributed by atoms with Crippen LogP contribution in [0.2, 0.25) is 0 Å². The van der Waals surface area contributed by atoms with Crippen LogP contribution in [0, 0.1) is 0 Å². The van der Waals surface area contributed by atoms with E-state index in [1.807, 2.05) is 42.5 Å². The van der Waals surface area contributed by atoms with E-state index in [-0.39, 0.29) is 12.3 Å². The van der Waals surface area contributed by atoms with Gasteiger partial charge in [0.1, 0.15) is 0 Å². The molecule has 3 aromatic rings. The predicted molar refractivity (Wildman–Crippen MR) is 123 cm³/mol. The minimum atomic E-state index is -1.09. The lowest BCUT2D eigenvalue weighted by atomic mass is 10.0. The Morgan fingerprint density at radius 2 is 1.91 bits per heavy atom. The Kier molecular flexibility index (Phi) is 7.59. The molecule has 3 aromatic carbocycles. The SMILES string of the molecule is C=CCc1cc(/C=N\NC(=O)Cc2cccc3ccccc23)cc(OC)c1OCC(=O)O. The van der Waals surface area contributed by atoms with Crippen molar-refractivity contribution in [3.8, 4) is 11.5 Å². The van der Waals surface area contributed by atoms with E-state index < -0.39 is 12.6 Å². The molecule has 0 aromatic heterocycles. The number of carboxylic acids is 1. The molecule has 7 heteroatoms. The van der Waals surface area contributed by atoms with E-state index in [1.54, 1.807) is 18.2 Å². The highest BCUT2D eigenvalue weighted by Crippen LogP contribution is 2.33. The van der Waals surface area contributed by atoms with Crippen molar-refractivity contribution in [1.82, 2.24) is 5.43 Å². The fraction of sp³-hybridized carbons (Fsp3) is 0.160. The lowest BCUT2D eigenvalue weighted by Gasteiger charge is -2.14. The van der Waals surface area contributed by atoms with Gasteiger partial charge in [0.2, 0.25) is 5.91 Å². The number of aliphatic carboxylic acids is 1. The monoisotopic (exact) mass is 432 g/mol. The first-order valence-electron chi connectivity index (χ1n) is 9.96. The summed E-state index contributed by atoms with van der Waals surface area (Å²) in [7, 11) is 1.47. The lowest BCUT2D eigenvalue weighted by Crippen LogP contribution is -2.20. The van der Waals surface area contributed by atoms with Gasteiger partial charge >= 0.3 is 5.97 Å². The van der Waals surface area contributed by atoms with Gasteiger partial charge < -0.3 is 14.6 Å². The van der Waals surface area contributed by atoms with E-state index in [4.69, 9.17) is 14.6 Å². The van der Waals surface area contributed by atoms with Gasteiger partial charge in [-0.25, -0.2) is 10.2 Å². The van der Waals surface area contributed by atoms with Crippen molar-refractivity contribution in [2.24, 2.45) is 5.10 Å². The van der Waals surface area contributed by atoms with Gasteiger partial charge in [0.25, 0.3) is 0 Å². The number of fused-ring (bicyclic) bond motifs is 1. The van der Waals surface area contributed by atoms with Crippen LogP contribution in [0.25, 0.3) is 10.8 Å². The molecule has 0 spiro atoms. The number of methoxy groups -OCH3 is 1. The molecule has 0 saturated carbocycles. The van der Waals surface area contributed by atoms with Crippen LogP contribution in [0.5, 0.6) is 11.5 Å². The normalized spacial score (nSPS) is 10.8. The highest BCUT2D eigenvalue weighted by atomic mass is 16.5.